The van der Waals surface area contributed by atoms with Gasteiger partial charge in [0.1, 0.15) is 5.75 Å². The van der Waals surface area contributed by atoms with Crippen molar-refractivity contribution < 1.29 is 9.47 Å². The molecule has 2 N–H and O–H groups in total. The highest BCUT2D eigenvalue weighted by molar-refractivity contribution is 5.56. The molecule has 0 saturated heterocycles. The third kappa shape index (κ3) is 3.44. The first-order valence-electron chi connectivity index (χ1n) is 5.14. The first kappa shape index (κ1) is 11.9. The Hall–Kier alpha value is -1.22. The van der Waals surface area contributed by atoms with Gasteiger partial charge in [0.15, 0.2) is 0 Å². The van der Waals surface area contributed by atoms with Crippen LogP contribution in [0.3, 0.4) is 0 Å². The van der Waals surface area contributed by atoms with E-state index in [1.54, 1.807) is 7.11 Å². The normalized spacial score (nSPS) is 10.7. The van der Waals surface area contributed by atoms with Gasteiger partial charge in [0.25, 0.3) is 0 Å². The van der Waals surface area contributed by atoms with Crippen LogP contribution in [-0.2, 0) is 11.3 Å². The zero-order chi connectivity index (χ0) is 11.3. The van der Waals surface area contributed by atoms with E-state index in [1.807, 2.05) is 18.2 Å². The fourth-order valence-corrected chi connectivity index (χ4v) is 1.37. The van der Waals surface area contributed by atoms with Gasteiger partial charge in [-0.15, -0.1) is 0 Å². The summed E-state index contributed by atoms with van der Waals surface area (Å²) in [5, 5.41) is 0. The van der Waals surface area contributed by atoms with Crippen molar-refractivity contribution in [2.24, 2.45) is 5.92 Å². The minimum absolute atomic E-state index is 0.539. The van der Waals surface area contributed by atoms with Gasteiger partial charge in [0, 0.05) is 12.2 Å². The third-order valence-electron chi connectivity index (χ3n) is 2.04. The van der Waals surface area contributed by atoms with E-state index in [0.717, 1.165) is 17.9 Å². The lowest BCUT2D eigenvalue weighted by Gasteiger charge is -2.12. The van der Waals surface area contributed by atoms with E-state index in [2.05, 4.69) is 13.8 Å². The number of methoxy groups -OCH3 is 1. The zero-order valence-corrected chi connectivity index (χ0v) is 9.62. The maximum Gasteiger partial charge on any atom is 0.147 e. The van der Waals surface area contributed by atoms with Crippen molar-refractivity contribution in [3.8, 4) is 5.75 Å². The number of hydrogen-bond donors (Lipinski definition) is 1. The smallest absolute Gasteiger partial charge is 0.147 e. The van der Waals surface area contributed by atoms with Gasteiger partial charge in [0.05, 0.1) is 19.4 Å². The molecular weight excluding hydrogens is 190 g/mol. The lowest BCUT2D eigenvalue weighted by atomic mass is 10.2. The van der Waals surface area contributed by atoms with Crippen LogP contribution in [0.15, 0.2) is 18.2 Å². The van der Waals surface area contributed by atoms with Gasteiger partial charge in [-0.1, -0.05) is 26.0 Å². The number of nitrogen functional groups attached to an aromatic ring is 1. The highest BCUT2D eigenvalue weighted by Gasteiger charge is 2.06. The van der Waals surface area contributed by atoms with E-state index in [4.69, 9.17) is 15.2 Å². The number of anilines is 1. The topological polar surface area (TPSA) is 44.5 Å². The Labute approximate surface area is 91.2 Å². The van der Waals surface area contributed by atoms with Crippen molar-refractivity contribution in [2.45, 2.75) is 20.5 Å². The summed E-state index contributed by atoms with van der Waals surface area (Å²) in [5.74, 6) is 1.26. The number of ether oxygens (including phenoxy) is 2. The predicted octanol–water partition coefficient (Wildman–Crippen LogP) is 2.45. The Morgan fingerprint density at radius 3 is 2.67 bits per heavy atom. The van der Waals surface area contributed by atoms with Crippen LogP contribution >= 0.6 is 0 Å². The molecule has 0 heterocycles. The van der Waals surface area contributed by atoms with E-state index in [1.165, 1.54) is 0 Å². The Morgan fingerprint density at radius 1 is 1.33 bits per heavy atom. The minimum Gasteiger partial charge on any atom is -0.494 e. The highest BCUT2D eigenvalue weighted by atomic mass is 16.5. The van der Waals surface area contributed by atoms with Gasteiger partial charge in [-0.2, -0.15) is 0 Å². The molecule has 1 aromatic carbocycles. The summed E-state index contributed by atoms with van der Waals surface area (Å²) in [6.07, 6.45) is 0. The molecule has 3 heteroatoms. The Morgan fingerprint density at radius 2 is 2.07 bits per heavy atom. The number of rotatable bonds is 5. The van der Waals surface area contributed by atoms with E-state index >= 15 is 0 Å². The summed E-state index contributed by atoms with van der Waals surface area (Å²) in [6, 6.07) is 5.70. The lowest BCUT2D eigenvalue weighted by Crippen LogP contribution is -2.04. The number of benzene rings is 1. The molecule has 0 unspecified atom stereocenters. The maximum atomic E-state index is 5.78. The minimum atomic E-state index is 0.539. The van der Waals surface area contributed by atoms with Crippen molar-refractivity contribution in [1.29, 1.82) is 0 Å². The van der Waals surface area contributed by atoms with E-state index in [0.29, 0.717) is 18.2 Å². The average Bonchev–Trinajstić information content (AvgIpc) is 2.17. The van der Waals surface area contributed by atoms with E-state index in [-0.39, 0.29) is 0 Å². The summed E-state index contributed by atoms with van der Waals surface area (Å²) in [5.41, 5.74) is 7.44. The molecule has 0 aromatic heterocycles. The van der Waals surface area contributed by atoms with Crippen LogP contribution in [-0.4, -0.2) is 13.7 Å². The standard InChI is InChI=1S/C12H19NO2/c1-9(2)7-15-8-10-5-4-6-11(13)12(10)14-3/h4-6,9H,7-8,13H2,1-3H3. The molecule has 84 valence electrons. The summed E-state index contributed by atoms with van der Waals surface area (Å²) in [7, 11) is 1.62. The molecule has 15 heavy (non-hydrogen) atoms. The molecule has 3 nitrogen and oxygen atoms in total. The first-order valence-corrected chi connectivity index (χ1v) is 5.14. The molecule has 0 fully saturated rings. The monoisotopic (exact) mass is 209 g/mol. The van der Waals surface area contributed by atoms with Gasteiger partial charge in [-0.05, 0) is 12.0 Å². The molecule has 1 rings (SSSR count). The Bertz CT molecular complexity index is 310. The van der Waals surface area contributed by atoms with Gasteiger partial charge in [-0.3, -0.25) is 0 Å². The van der Waals surface area contributed by atoms with E-state index < -0.39 is 0 Å². The molecular formula is C12H19NO2. The Balaban J connectivity index is 2.64. The van der Waals surface area contributed by atoms with Crippen molar-refractivity contribution >= 4 is 5.69 Å². The van der Waals surface area contributed by atoms with Crippen LogP contribution in [0.25, 0.3) is 0 Å². The second-order valence-electron chi connectivity index (χ2n) is 3.95. The highest BCUT2D eigenvalue weighted by Crippen LogP contribution is 2.26. The molecule has 0 aliphatic heterocycles. The van der Waals surface area contributed by atoms with Gasteiger partial charge in [-0.25, -0.2) is 0 Å². The molecule has 0 amide bonds. The summed E-state index contributed by atoms with van der Waals surface area (Å²) in [6.45, 7) is 5.54. The van der Waals surface area contributed by atoms with Crippen molar-refractivity contribution in [3.05, 3.63) is 23.8 Å². The van der Waals surface area contributed by atoms with Crippen LogP contribution in [0.5, 0.6) is 5.75 Å². The molecule has 1 aromatic rings. The van der Waals surface area contributed by atoms with Crippen molar-refractivity contribution in [2.75, 3.05) is 19.5 Å². The molecule has 0 aliphatic rings. The fraction of sp³-hybridized carbons (Fsp3) is 0.500. The van der Waals surface area contributed by atoms with E-state index in [9.17, 15) is 0 Å². The quantitative estimate of drug-likeness (QED) is 0.757. The molecule has 0 aliphatic carbocycles. The molecule has 0 bridgehead atoms. The average molecular weight is 209 g/mol. The summed E-state index contributed by atoms with van der Waals surface area (Å²) >= 11 is 0. The number of hydrogen-bond acceptors (Lipinski definition) is 3. The zero-order valence-electron chi connectivity index (χ0n) is 9.62. The van der Waals surface area contributed by atoms with Crippen LogP contribution in [0, 0.1) is 5.92 Å². The SMILES string of the molecule is COc1c(N)cccc1COCC(C)C. The van der Waals surface area contributed by atoms with Crippen LogP contribution in [0.1, 0.15) is 19.4 Å². The first-order chi connectivity index (χ1) is 7.15. The predicted molar refractivity (Wildman–Crippen MR) is 61.9 cm³/mol. The largest absolute Gasteiger partial charge is 0.494 e. The van der Waals surface area contributed by atoms with Crippen LogP contribution < -0.4 is 10.5 Å². The number of nitrogens with two attached hydrogens (primary N) is 1. The number of para-hydroxylation sites is 1. The molecule has 0 radical (unpaired) electrons. The summed E-state index contributed by atoms with van der Waals surface area (Å²) in [4.78, 5) is 0. The second-order valence-corrected chi connectivity index (χ2v) is 3.95. The Kier molecular flexibility index (Phi) is 4.43. The molecule has 0 atom stereocenters. The summed E-state index contributed by atoms with van der Waals surface area (Å²) < 4.78 is 10.8. The second kappa shape index (κ2) is 5.61. The van der Waals surface area contributed by atoms with Gasteiger partial charge < -0.3 is 15.2 Å². The van der Waals surface area contributed by atoms with Gasteiger partial charge in [0.2, 0.25) is 0 Å². The van der Waals surface area contributed by atoms with Crippen LogP contribution in [0.4, 0.5) is 5.69 Å². The van der Waals surface area contributed by atoms with Crippen molar-refractivity contribution in [3.63, 3.8) is 0 Å². The maximum absolute atomic E-state index is 5.78. The molecule has 0 saturated carbocycles. The lowest BCUT2D eigenvalue weighted by molar-refractivity contribution is 0.0956. The van der Waals surface area contributed by atoms with Crippen molar-refractivity contribution in [1.82, 2.24) is 0 Å². The molecule has 0 spiro atoms. The fourth-order valence-electron chi connectivity index (χ4n) is 1.37. The van der Waals surface area contributed by atoms with Gasteiger partial charge >= 0.3 is 0 Å². The van der Waals surface area contributed by atoms with Crippen LogP contribution in [0.2, 0.25) is 0 Å². The third-order valence-corrected chi connectivity index (χ3v) is 2.04.